The predicted molar refractivity (Wildman–Crippen MR) is 97.8 cm³/mol. The number of carbonyl (C=O) groups is 3. The summed E-state index contributed by atoms with van der Waals surface area (Å²) < 4.78 is 3.91. The maximum Gasteiger partial charge on any atom is 0.350 e. The first-order valence-electron chi connectivity index (χ1n) is 7.71. The number of nitrogen functional groups attached to an aromatic ring is 1. The summed E-state index contributed by atoms with van der Waals surface area (Å²) in [5.74, 6) is -1.68. The number of amides is 2. The normalized spacial score (nSPS) is 22.1. The Morgan fingerprint density at radius 2 is 2.26 bits per heavy atom. The molecule has 3 heterocycles. The molecule has 1 unspecified atom stereocenters. The smallest absolute Gasteiger partial charge is 0.350 e. The van der Waals surface area contributed by atoms with Crippen LogP contribution >= 0.6 is 23.3 Å². The van der Waals surface area contributed by atoms with Crippen molar-refractivity contribution in [1.82, 2.24) is 19.6 Å². The maximum atomic E-state index is 12.7. The molecule has 144 valence electrons. The minimum atomic E-state index is -1.68. The highest BCUT2D eigenvalue weighted by molar-refractivity contribution is 8.00. The lowest BCUT2D eigenvalue weighted by atomic mass is 10.1. The number of rotatable bonds is 6. The van der Waals surface area contributed by atoms with Crippen molar-refractivity contribution < 1.29 is 24.3 Å². The molecule has 0 aliphatic carbocycles. The standard InChI is InChI=1S/C14H16N6O5S2/c1-14(2,12(23)24)25-18-6(8-17-13(15)27-19-8)9(21)16-7-10(22)20-4-3-5-26-11(7)20/h3-4,7,11H,5H2,1-2H3,(H,16,21)(H,23,24)(H2,15,17,19)/t7?,11-/m0/s1. The number of thioether (sulfide) groups is 1. The predicted octanol–water partition coefficient (Wildman–Crippen LogP) is -0.382. The van der Waals surface area contributed by atoms with E-state index in [1.165, 1.54) is 30.5 Å². The SMILES string of the molecule is CC(C)(ON=C(C(=O)NC1C(=O)N2C=CCS[C@@H]12)c1nsc(N)n1)C(=O)O. The van der Waals surface area contributed by atoms with E-state index in [2.05, 4.69) is 19.8 Å². The van der Waals surface area contributed by atoms with Gasteiger partial charge in [-0.1, -0.05) is 11.2 Å². The summed E-state index contributed by atoms with van der Waals surface area (Å²) in [6.07, 6.45) is 3.54. The molecular weight excluding hydrogens is 396 g/mol. The molecule has 0 bridgehead atoms. The van der Waals surface area contributed by atoms with Crippen LogP contribution < -0.4 is 11.1 Å². The van der Waals surface area contributed by atoms with Crippen LogP contribution in [-0.4, -0.2) is 65.6 Å². The molecular formula is C14H16N6O5S2. The number of hydrogen-bond donors (Lipinski definition) is 3. The van der Waals surface area contributed by atoms with E-state index >= 15 is 0 Å². The molecule has 1 aromatic rings. The van der Waals surface area contributed by atoms with Gasteiger partial charge in [-0.2, -0.15) is 9.36 Å². The van der Waals surface area contributed by atoms with Gasteiger partial charge in [0.25, 0.3) is 11.8 Å². The molecule has 1 aromatic heterocycles. The number of carboxylic acid groups (broad SMARTS) is 1. The van der Waals surface area contributed by atoms with Gasteiger partial charge in [0, 0.05) is 23.5 Å². The van der Waals surface area contributed by atoms with Gasteiger partial charge >= 0.3 is 5.97 Å². The second-order valence-corrected chi connectivity index (χ2v) is 8.04. The van der Waals surface area contributed by atoms with Gasteiger partial charge in [0.1, 0.15) is 11.4 Å². The third-order valence-electron chi connectivity index (χ3n) is 3.74. The van der Waals surface area contributed by atoms with Crippen molar-refractivity contribution in [1.29, 1.82) is 0 Å². The summed E-state index contributed by atoms with van der Waals surface area (Å²) in [4.78, 5) is 46.4. The Morgan fingerprint density at radius 1 is 1.52 bits per heavy atom. The average molecular weight is 412 g/mol. The molecule has 1 fully saturated rings. The summed E-state index contributed by atoms with van der Waals surface area (Å²) in [7, 11) is 0. The van der Waals surface area contributed by atoms with E-state index < -0.39 is 23.5 Å². The van der Waals surface area contributed by atoms with Crippen LogP contribution in [0.4, 0.5) is 5.13 Å². The number of fused-ring (bicyclic) bond motifs is 1. The summed E-state index contributed by atoms with van der Waals surface area (Å²) in [5.41, 5.74) is 3.50. The fraction of sp³-hybridized carbons (Fsp3) is 0.429. The molecule has 2 amide bonds. The number of carboxylic acids is 1. The van der Waals surface area contributed by atoms with Gasteiger partial charge in [-0.15, -0.1) is 11.8 Å². The Labute approximate surface area is 161 Å². The van der Waals surface area contributed by atoms with Gasteiger partial charge < -0.3 is 25.9 Å². The first-order chi connectivity index (χ1) is 12.7. The summed E-state index contributed by atoms with van der Waals surface area (Å²) in [6, 6.07) is -0.735. The van der Waals surface area contributed by atoms with E-state index in [4.69, 9.17) is 15.7 Å². The number of oxime groups is 1. The van der Waals surface area contributed by atoms with Gasteiger partial charge in [-0.25, -0.2) is 4.79 Å². The first kappa shape index (κ1) is 19.1. The van der Waals surface area contributed by atoms with Crippen molar-refractivity contribution in [2.45, 2.75) is 30.9 Å². The zero-order valence-electron chi connectivity index (χ0n) is 14.3. The Balaban J connectivity index is 1.80. The van der Waals surface area contributed by atoms with E-state index in [9.17, 15) is 14.4 Å². The van der Waals surface area contributed by atoms with Crippen LogP contribution in [0.25, 0.3) is 0 Å². The largest absolute Gasteiger partial charge is 0.478 e. The second kappa shape index (κ2) is 7.15. The number of aromatic nitrogens is 2. The molecule has 0 saturated carbocycles. The lowest BCUT2D eigenvalue weighted by Crippen LogP contribution is -2.68. The monoisotopic (exact) mass is 412 g/mol. The lowest BCUT2D eigenvalue weighted by Gasteiger charge is -2.46. The van der Waals surface area contributed by atoms with Gasteiger partial charge in [0.15, 0.2) is 5.13 Å². The fourth-order valence-electron chi connectivity index (χ4n) is 2.19. The van der Waals surface area contributed by atoms with Crippen LogP contribution in [0.1, 0.15) is 19.7 Å². The number of hydrogen-bond acceptors (Lipinski definition) is 10. The van der Waals surface area contributed by atoms with Crippen LogP contribution in [0.2, 0.25) is 0 Å². The van der Waals surface area contributed by atoms with Gasteiger partial charge in [0.2, 0.25) is 17.1 Å². The molecule has 11 nitrogen and oxygen atoms in total. The third kappa shape index (κ3) is 3.73. The molecule has 13 heteroatoms. The minimum absolute atomic E-state index is 0.0989. The molecule has 0 aromatic carbocycles. The number of nitrogens with zero attached hydrogens (tertiary/aromatic N) is 4. The Bertz CT molecular complexity index is 851. The van der Waals surface area contributed by atoms with Crippen molar-refractivity contribution in [3.8, 4) is 0 Å². The van der Waals surface area contributed by atoms with Gasteiger partial charge in [-0.05, 0) is 13.8 Å². The van der Waals surface area contributed by atoms with E-state index in [0.717, 1.165) is 17.3 Å². The molecule has 4 N–H and O–H groups in total. The van der Waals surface area contributed by atoms with E-state index in [0.29, 0.717) is 0 Å². The highest BCUT2D eigenvalue weighted by atomic mass is 32.2. The van der Waals surface area contributed by atoms with Crippen molar-refractivity contribution in [2.24, 2.45) is 5.16 Å². The number of aliphatic carboxylic acids is 1. The lowest BCUT2D eigenvalue weighted by molar-refractivity contribution is -0.161. The summed E-state index contributed by atoms with van der Waals surface area (Å²) in [5, 5.41) is 15.2. The molecule has 27 heavy (non-hydrogen) atoms. The first-order valence-corrected chi connectivity index (χ1v) is 9.53. The Kier molecular flexibility index (Phi) is 5.06. The van der Waals surface area contributed by atoms with Crippen molar-refractivity contribution in [3.05, 3.63) is 18.1 Å². The summed E-state index contributed by atoms with van der Waals surface area (Å²) >= 11 is 2.35. The molecule has 2 atom stereocenters. The van der Waals surface area contributed by atoms with Crippen LogP contribution in [-0.2, 0) is 19.2 Å². The van der Waals surface area contributed by atoms with Crippen LogP contribution in [0.5, 0.6) is 0 Å². The zero-order valence-corrected chi connectivity index (χ0v) is 15.9. The van der Waals surface area contributed by atoms with Gasteiger partial charge in [-0.3, -0.25) is 9.59 Å². The third-order valence-corrected chi connectivity index (χ3v) is 5.51. The van der Waals surface area contributed by atoms with Crippen molar-refractivity contribution in [2.75, 3.05) is 11.5 Å². The quantitative estimate of drug-likeness (QED) is 0.321. The highest BCUT2D eigenvalue weighted by Crippen LogP contribution is 2.33. The number of nitrogens with one attached hydrogen (secondary N) is 1. The van der Waals surface area contributed by atoms with E-state index in [-0.39, 0.29) is 27.9 Å². The summed E-state index contributed by atoms with van der Waals surface area (Å²) in [6.45, 7) is 2.55. The molecule has 0 radical (unpaired) electrons. The second-order valence-electron chi connectivity index (χ2n) is 6.11. The maximum absolute atomic E-state index is 12.7. The van der Waals surface area contributed by atoms with Crippen molar-refractivity contribution in [3.63, 3.8) is 0 Å². The van der Waals surface area contributed by atoms with Crippen molar-refractivity contribution >= 4 is 51.9 Å². The molecule has 2 aliphatic heterocycles. The molecule has 2 aliphatic rings. The molecule has 3 rings (SSSR count). The van der Waals surface area contributed by atoms with Crippen LogP contribution in [0.3, 0.4) is 0 Å². The average Bonchev–Trinajstić information content (AvgIpc) is 3.05. The number of anilines is 1. The highest BCUT2D eigenvalue weighted by Gasteiger charge is 2.49. The molecule has 0 spiro atoms. The topological polar surface area (TPSA) is 160 Å². The Hall–Kier alpha value is -2.67. The van der Waals surface area contributed by atoms with Crippen LogP contribution in [0, 0.1) is 0 Å². The fourth-order valence-corrected chi connectivity index (χ4v) is 3.73. The van der Waals surface area contributed by atoms with E-state index in [1.807, 2.05) is 6.08 Å². The van der Waals surface area contributed by atoms with Gasteiger partial charge in [0.05, 0.1) is 0 Å². The zero-order chi connectivity index (χ0) is 19.8. The van der Waals surface area contributed by atoms with Crippen LogP contribution in [0.15, 0.2) is 17.4 Å². The Morgan fingerprint density at radius 3 is 2.89 bits per heavy atom. The van der Waals surface area contributed by atoms with E-state index in [1.54, 1.807) is 6.20 Å². The number of nitrogens with two attached hydrogens (primary N) is 1. The number of β-lactam (4-membered cyclic amide) rings is 1. The molecule has 1 saturated heterocycles. The number of carbonyl (C=O) groups excluding carboxylic acids is 2. The minimum Gasteiger partial charge on any atom is -0.478 e.